The number of likely N-dealkylation sites (tertiary alicyclic amines) is 1. The molecule has 6 rings (SSSR count). The Morgan fingerprint density at radius 3 is 2.46 bits per heavy atom. The molecule has 12 heteroatoms. The molecular formula is C38H46ClN5O6. The normalized spacial score (nSPS) is 25.3. The highest BCUT2D eigenvalue weighted by Gasteiger charge is 2.56. The number of oxime groups is 1. The van der Waals surface area contributed by atoms with Crippen molar-refractivity contribution < 1.29 is 28.8 Å². The van der Waals surface area contributed by atoms with Crippen LogP contribution in [0.15, 0.2) is 53.9 Å². The van der Waals surface area contributed by atoms with Gasteiger partial charge in [0, 0.05) is 48.2 Å². The van der Waals surface area contributed by atoms with Crippen LogP contribution in [0, 0.1) is 17.3 Å². The summed E-state index contributed by atoms with van der Waals surface area (Å²) in [6, 6.07) is 8.05. The molecule has 1 aromatic carbocycles. The third-order valence-electron chi connectivity index (χ3n) is 10.3. The molecule has 2 aliphatic heterocycles. The molecule has 2 unspecified atom stereocenters. The lowest BCUT2D eigenvalue weighted by Gasteiger charge is -2.35. The van der Waals surface area contributed by atoms with Crippen LogP contribution < -0.4 is 10.6 Å². The van der Waals surface area contributed by atoms with E-state index in [-0.39, 0.29) is 43.0 Å². The predicted molar refractivity (Wildman–Crippen MR) is 187 cm³/mol. The van der Waals surface area contributed by atoms with Crippen molar-refractivity contribution in [3.8, 4) is 0 Å². The Kier molecular flexibility index (Phi) is 10.2. The van der Waals surface area contributed by atoms with E-state index in [9.17, 15) is 24.0 Å². The van der Waals surface area contributed by atoms with Gasteiger partial charge in [-0.25, -0.2) is 0 Å². The van der Waals surface area contributed by atoms with Gasteiger partial charge in [0.05, 0.1) is 18.3 Å². The highest BCUT2D eigenvalue weighted by atomic mass is 35.5. The van der Waals surface area contributed by atoms with Gasteiger partial charge in [-0.15, -0.1) is 0 Å². The molecular weight excluding hydrogens is 658 g/mol. The van der Waals surface area contributed by atoms with E-state index in [1.165, 1.54) is 4.90 Å². The van der Waals surface area contributed by atoms with Crippen molar-refractivity contribution >= 4 is 46.6 Å². The minimum Gasteiger partial charge on any atom is -0.387 e. The number of amides is 3. The van der Waals surface area contributed by atoms with Gasteiger partial charge in [0.15, 0.2) is 5.60 Å². The fourth-order valence-electron chi connectivity index (χ4n) is 7.18. The quantitative estimate of drug-likeness (QED) is 0.286. The summed E-state index contributed by atoms with van der Waals surface area (Å²) >= 11 is 6.26. The molecule has 2 saturated carbocycles. The van der Waals surface area contributed by atoms with E-state index in [4.69, 9.17) is 16.4 Å². The molecule has 266 valence electrons. The third-order valence-corrected chi connectivity index (χ3v) is 10.5. The Balaban J connectivity index is 1.24. The third kappa shape index (κ3) is 7.93. The minimum atomic E-state index is -1.03. The van der Waals surface area contributed by atoms with Crippen LogP contribution >= 0.6 is 11.6 Å². The van der Waals surface area contributed by atoms with Crippen LogP contribution in [0.5, 0.6) is 0 Å². The van der Waals surface area contributed by atoms with Gasteiger partial charge in [-0.3, -0.25) is 29.0 Å². The van der Waals surface area contributed by atoms with E-state index < -0.39 is 52.5 Å². The van der Waals surface area contributed by atoms with Gasteiger partial charge in [-0.1, -0.05) is 63.0 Å². The van der Waals surface area contributed by atoms with E-state index in [1.807, 2.05) is 52.0 Å². The summed E-state index contributed by atoms with van der Waals surface area (Å²) in [5.41, 5.74) is 0.715. The fourth-order valence-corrected chi connectivity index (χ4v) is 7.37. The number of ketones is 2. The fraction of sp³-hybridized carbons (Fsp3) is 0.553. The summed E-state index contributed by atoms with van der Waals surface area (Å²) in [7, 11) is 0. The summed E-state index contributed by atoms with van der Waals surface area (Å²) in [5.74, 6) is -2.25. The number of carbonyl (C=O) groups excluding carboxylic acids is 5. The first kappa shape index (κ1) is 35.7. The van der Waals surface area contributed by atoms with Gasteiger partial charge in [0.1, 0.15) is 12.1 Å². The molecule has 1 spiro atoms. The second-order valence-electron chi connectivity index (χ2n) is 15.5. The van der Waals surface area contributed by atoms with Crippen LogP contribution in [0.2, 0.25) is 5.02 Å². The first-order valence-electron chi connectivity index (χ1n) is 17.7. The van der Waals surface area contributed by atoms with Crippen molar-refractivity contribution in [3.63, 3.8) is 0 Å². The summed E-state index contributed by atoms with van der Waals surface area (Å²) in [6.07, 6.45) is 7.43. The standard InChI is InChI=1S/C38H46ClN5O6/c1-5-7-28(32(46)31(45)16-22-10-11-22)41-35(48)30-20-38(19-29(43-50-38)24-8-6-9-25(39)17-24)21-44(30)36(49)33(37(2,3)4)42-34(47)27-18-26(27)23-12-14-40-15-13-23/h6,8-9,12-15,17,22,26-28,30,33H,5,7,10-11,16,18-21H2,1-4H3,(H,41,48)(H,42,47)/t26?,27?,28-,30-,33+,38+/m0/s1. The first-order chi connectivity index (χ1) is 23.8. The summed E-state index contributed by atoms with van der Waals surface area (Å²) in [6.45, 7) is 7.54. The number of benzene rings is 1. The molecule has 2 N–H and O–H groups in total. The van der Waals surface area contributed by atoms with Crippen molar-refractivity contribution in [2.24, 2.45) is 22.4 Å². The van der Waals surface area contributed by atoms with Crippen molar-refractivity contribution in [3.05, 3.63) is 64.9 Å². The van der Waals surface area contributed by atoms with Crippen LogP contribution in [-0.2, 0) is 28.8 Å². The van der Waals surface area contributed by atoms with Gasteiger partial charge in [0.2, 0.25) is 29.3 Å². The van der Waals surface area contributed by atoms with Crippen molar-refractivity contribution in [1.82, 2.24) is 20.5 Å². The number of nitrogens with one attached hydrogen (secondary N) is 2. The Morgan fingerprint density at radius 1 is 1.06 bits per heavy atom. The number of rotatable bonds is 13. The number of halogens is 1. The summed E-state index contributed by atoms with van der Waals surface area (Å²) in [4.78, 5) is 80.1. The van der Waals surface area contributed by atoms with E-state index in [0.29, 0.717) is 36.4 Å². The molecule has 1 aromatic heterocycles. The van der Waals surface area contributed by atoms with E-state index in [1.54, 1.807) is 24.5 Å². The Bertz CT molecular complexity index is 1690. The molecule has 2 aliphatic carbocycles. The smallest absolute Gasteiger partial charge is 0.246 e. The molecule has 3 fully saturated rings. The van der Waals surface area contributed by atoms with E-state index in [2.05, 4.69) is 20.8 Å². The van der Waals surface area contributed by atoms with Gasteiger partial charge >= 0.3 is 0 Å². The molecule has 4 aliphatic rings. The number of Topliss-reactive ketones (excluding diaryl/α,β-unsaturated/α-hetero) is 2. The van der Waals surface area contributed by atoms with Crippen LogP contribution in [0.25, 0.3) is 0 Å². The largest absolute Gasteiger partial charge is 0.387 e. The highest BCUT2D eigenvalue weighted by Crippen LogP contribution is 2.48. The average Bonchev–Trinajstić information content (AvgIpc) is 4.00. The van der Waals surface area contributed by atoms with Crippen molar-refractivity contribution in [1.29, 1.82) is 0 Å². The number of pyridine rings is 1. The molecule has 2 aromatic rings. The Morgan fingerprint density at radius 2 is 1.80 bits per heavy atom. The molecule has 0 bridgehead atoms. The minimum absolute atomic E-state index is 0.0377. The number of aromatic nitrogens is 1. The molecule has 11 nitrogen and oxygen atoms in total. The first-order valence-corrected chi connectivity index (χ1v) is 18.1. The Labute approximate surface area is 297 Å². The monoisotopic (exact) mass is 703 g/mol. The maximum Gasteiger partial charge on any atom is 0.246 e. The maximum atomic E-state index is 14.6. The molecule has 1 saturated heterocycles. The number of hydrogen-bond donors (Lipinski definition) is 2. The van der Waals surface area contributed by atoms with Crippen LogP contribution in [-0.4, -0.2) is 75.2 Å². The summed E-state index contributed by atoms with van der Waals surface area (Å²) in [5, 5.41) is 10.8. The van der Waals surface area contributed by atoms with Crippen molar-refractivity contribution in [2.75, 3.05) is 6.54 Å². The average molecular weight is 704 g/mol. The van der Waals surface area contributed by atoms with Crippen molar-refractivity contribution in [2.45, 2.75) is 109 Å². The lowest BCUT2D eigenvalue weighted by molar-refractivity contribution is -0.145. The lowest BCUT2D eigenvalue weighted by Crippen LogP contribution is -2.59. The number of nitrogens with zero attached hydrogens (tertiary/aromatic N) is 3. The Hall–Kier alpha value is -4.12. The van der Waals surface area contributed by atoms with Crippen LogP contribution in [0.4, 0.5) is 0 Å². The molecule has 6 atom stereocenters. The molecule has 3 amide bonds. The molecule has 0 radical (unpaired) electrons. The van der Waals surface area contributed by atoms with Gasteiger partial charge in [-0.2, -0.15) is 0 Å². The van der Waals surface area contributed by atoms with E-state index >= 15 is 0 Å². The zero-order valence-electron chi connectivity index (χ0n) is 29.1. The summed E-state index contributed by atoms with van der Waals surface area (Å²) < 4.78 is 0. The highest BCUT2D eigenvalue weighted by molar-refractivity contribution is 6.39. The lowest BCUT2D eigenvalue weighted by atomic mass is 9.85. The second kappa shape index (κ2) is 14.2. The second-order valence-corrected chi connectivity index (χ2v) is 15.9. The maximum absolute atomic E-state index is 14.6. The van der Waals surface area contributed by atoms with Gasteiger partial charge < -0.3 is 20.4 Å². The number of carbonyl (C=O) groups is 5. The SMILES string of the molecule is CCC[C@H](NC(=O)[C@@H]1C[C@]2(CC(c3cccc(Cl)c3)=NO2)CN1C(=O)[C@@H](NC(=O)C1CC1c1ccncc1)C(C)(C)C)C(=O)C(=O)CC1CC1. The van der Waals surface area contributed by atoms with Crippen LogP contribution in [0.3, 0.4) is 0 Å². The zero-order valence-corrected chi connectivity index (χ0v) is 29.9. The molecule has 50 heavy (non-hydrogen) atoms. The van der Waals surface area contributed by atoms with Gasteiger partial charge in [-0.05, 0) is 72.8 Å². The van der Waals surface area contributed by atoms with Gasteiger partial charge in [0.25, 0.3) is 0 Å². The number of hydrogen-bond acceptors (Lipinski definition) is 8. The van der Waals surface area contributed by atoms with Crippen LogP contribution in [0.1, 0.15) is 96.1 Å². The zero-order chi connectivity index (χ0) is 35.8. The molecule has 3 heterocycles. The van der Waals surface area contributed by atoms with E-state index in [0.717, 1.165) is 24.0 Å². The topological polar surface area (TPSA) is 147 Å². The predicted octanol–water partition coefficient (Wildman–Crippen LogP) is 4.76.